The zero-order chi connectivity index (χ0) is 26.1. The van der Waals surface area contributed by atoms with Crippen molar-refractivity contribution in [3.05, 3.63) is 130 Å². The topological polar surface area (TPSA) is 66.8 Å². The van der Waals surface area contributed by atoms with Crippen molar-refractivity contribution in [2.45, 2.75) is 13.0 Å². The van der Waals surface area contributed by atoms with Crippen molar-refractivity contribution in [3.63, 3.8) is 0 Å². The van der Waals surface area contributed by atoms with Crippen LogP contribution in [0.25, 0.3) is 5.76 Å². The first-order chi connectivity index (χ1) is 17.8. The van der Waals surface area contributed by atoms with E-state index in [1.54, 1.807) is 60.7 Å². The summed E-state index contributed by atoms with van der Waals surface area (Å²) < 4.78 is 21.0. The highest BCUT2D eigenvalue weighted by atomic mass is 79.9. The molecule has 1 atom stereocenters. The summed E-state index contributed by atoms with van der Waals surface area (Å²) in [7, 11) is 0. The Bertz CT molecular complexity index is 1550. The fourth-order valence-corrected chi connectivity index (χ4v) is 4.61. The van der Waals surface area contributed by atoms with E-state index in [0.29, 0.717) is 22.6 Å². The van der Waals surface area contributed by atoms with Gasteiger partial charge >= 0.3 is 0 Å². The van der Waals surface area contributed by atoms with E-state index in [4.69, 9.17) is 4.74 Å². The van der Waals surface area contributed by atoms with Gasteiger partial charge in [-0.3, -0.25) is 14.5 Å². The fourth-order valence-electron chi connectivity index (χ4n) is 4.36. The SMILES string of the molecule is Cc1cc(/C(O)=C2\C(=O)C(=O)N(c3cccc(F)c3)C2c2cccc(Oc3ccccc3)c2)ccc1Br. The van der Waals surface area contributed by atoms with Gasteiger partial charge in [0.2, 0.25) is 0 Å². The van der Waals surface area contributed by atoms with Gasteiger partial charge < -0.3 is 9.84 Å². The van der Waals surface area contributed by atoms with E-state index in [9.17, 15) is 19.1 Å². The van der Waals surface area contributed by atoms with Gasteiger partial charge in [-0.25, -0.2) is 4.39 Å². The second kappa shape index (κ2) is 10.0. The summed E-state index contributed by atoms with van der Waals surface area (Å²) in [4.78, 5) is 27.9. The summed E-state index contributed by atoms with van der Waals surface area (Å²) >= 11 is 3.44. The molecule has 1 aliphatic heterocycles. The molecule has 4 aromatic rings. The monoisotopic (exact) mass is 557 g/mol. The Labute approximate surface area is 221 Å². The maximum absolute atomic E-state index is 14.2. The Hall–Kier alpha value is -4.23. The quantitative estimate of drug-likeness (QED) is 0.158. The Morgan fingerprint density at radius 2 is 1.62 bits per heavy atom. The highest BCUT2D eigenvalue weighted by molar-refractivity contribution is 9.10. The Balaban J connectivity index is 1.68. The minimum Gasteiger partial charge on any atom is -0.507 e. The van der Waals surface area contributed by atoms with Crippen LogP contribution >= 0.6 is 15.9 Å². The number of anilines is 1. The molecule has 7 heteroatoms. The zero-order valence-electron chi connectivity index (χ0n) is 19.7. The van der Waals surface area contributed by atoms with Crippen LogP contribution in [0.15, 0.2) is 107 Å². The third kappa shape index (κ3) is 4.78. The maximum atomic E-state index is 14.2. The third-order valence-electron chi connectivity index (χ3n) is 6.11. The average molecular weight is 558 g/mol. The summed E-state index contributed by atoms with van der Waals surface area (Å²) in [5.41, 5.74) is 1.87. The van der Waals surface area contributed by atoms with E-state index in [1.165, 1.54) is 23.1 Å². The molecule has 1 N–H and O–H groups in total. The van der Waals surface area contributed by atoms with Gasteiger partial charge in [-0.15, -0.1) is 0 Å². The lowest BCUT2D eigenvalue weighted by molar-refractivity contribution is -0.132. The standard InChI is InChI=1S/C30H21BrFNO4/c1-18-15-20(13-14-25(18)31)28(34)26-27(33(30(36)29(26)35)22-9-6-8-21(32)17-22)19-7-5-12-24(16-19)37-23-10-3-2-4-11-23/h2-17,27,34H,1H3/b28-26+. The van der Waals surface area contributed by atoms with Crippen molar-refractivity contribution < 1.29 is 23.8 Å². The van der Waals surface area contributed by atoms with Crippen LogP contribution < -0.4 is 9.64 Å². The molecule has 1 heterocycles. The van der Waals surface area contributed by atoms with E-state index >= 15 is 0 Å². The molecule has 0 aliphatic carbocycles. The molecule has 1 saturated heterocycles. The lowest BCUT2D eigenvalue weighted by Gasteiger charge is -2.26. The number of hydrogen-bond acceptors (Lipinski definition) is 4. The molecular weight excluding hydrogens is 537 g/mol. The normalized spacial score (nSPS) is 16.7. The van der Waals surface area contributed by atoms with Crippen LogP contribution in [0.5, 0.6) is 11.5 Å². The number of hydrogen-bond donors (Lipinski definition) is 1. The molecule has 5 rings (SSSR count). The molecule has 0 saturated carbocycles. The second-order valence-corrected chi connectivity index (χ2v) is 9.45. The number of aliphatic hydroxyl groups is 1. The van der Waals surface area contributed by atoms with Crippen LogP contribution in [0.1, 0.15) is 22.7 Å². The minimum atomic E-state index is -1.01. The number of carbonyl (C=O) groups excluding carboxylic acids is 2. The van der Waals surface area contributed by atoms with Crippen molar-refractivity contribution in [2.75, 3.05) is 4.90 Å². The zero-order valence-corrected chi connectivity index (χ0v) is 21.3. The number of aryl methyl sites for hydroxylation is 1. The van der Waals surface area contributed by atoms with E-state index in [0.717, 1.165) is 10.0 Å². The van der Waals surface area contributed by atoms with Crippen molar-refractivity contribution in [1.29, 1.82) is 0 Å². The maximum Gasteiger partial charge on any atom is 0.300 e. The van der Waals surface area contributed by atoms with Gasteiger partial charge in [-0.1, -0.05) is 58.4 Å². The summed E-state index contributed by atoms with van der Waals surface area (Å²) in [6.07, 6.45) is 0. The predicted molar refractivity (Wildman–Crippen MR) is 143 cm³/mol. The molecule has 1 unspecified atom stereocenters. The molecule has 0 aromatic heterocycles. The molecule has 5 nitrogen and oxygen atoms in total. The second-order valence-electron chi connectivity index (χ2n) is 8.60. The number of benzene rings is 4. The summed E-state index contributed by atoms with van der Waals surface area (Å²) in [5, 5.41) is 11.3. The predicted octanol–water partition coefficient (Wildman–Crippen LogP) is 7.32. The van der Waals surface area contributed by atoms with Crippen molar-refractivity contribution in [2.24, 2.45) is 0 Å². The van der Waals surface area contributed by atoms with Crippen molar-refractivity contribution in [3.8, 4) is 11.5 Å². The van der Waals surface area contributed by atoms with Gasteiger partial charge in [-0.05, 0) is 72.6 Å². The number of amides is 1. The van der Waals surface area contributed by atoms with Gasteiger partial charge in [-0.2, -0.15) is 0 Å². The Kier molecular flexibility index (Phi) is 6.63. The van der Waals surface area contributed by atoms with Crippen LogP contribution in [0, 0.1) is 12.7 Å². The summed E-state index contributed by atoms with van der Waals surface area (Å²) in [6, 6.07) is 25.7. The van der Waals surface area contributed by atoms with Crippen LogP contribution in [0.4, 0.5) is 10.1 Å². The number of para-hydroxylation sites is 1. The molecule has 37 heavy (non-hydrogen) atoms. The lowest BCUT2D eigenvalue weighted by Crippen LogP contribution is -2.29. The van der Waals surface area contributed by atoms with Crippen LogP contribution in [0.3, 0.4) is 0 Å². The smallest absolute Gasteiger partial charge is 0.300 e. The number of nitrogens with zero attached hydrogens (tertiary/aromatic N) is 1. The van der Waals surface area contributed by atoms with Crippen LogP contribution in [-0.2, 0) is 9.59 Å². The van der Waals surface area contributed by atoms with Crippen LogP contribution in [0.2, 0.25) is 0 Å². The first-order valence-electron chi connectivity index (χ1n) is 11.5. The van der Waals surface area contributed by atoms with Gasteiger partial charge in [0.1, 0.15) is 23.1 Å². The number of carbonyl (C=O) groups is 2. The number of Topliss-reactive ketones (excluding diaryl/α,β-unsaturated/α-hetero) is 1. The lowest BCUT2D eigenvalue weighted by atomic mass is 9.94. The van der Waals surface area contributed by atoms with Crippen molar-refractivity contribution in [1.82, 2.24) is 0 Å². The summed E-state index contributed by atoms with van der Waals surface area (Å²) in [5.74, 6) is -1.49. The fraction of sp³-hybridized carbons (Fsp3) is 0.0667. The Morgan fingerprint density at radius 1 is 0.892 bits per heavy atom. The highest BCUT2D eigenvalue weighted by Crippen LogP contribution is 2.43. The third-order valence-corrected chi connectivity index (χ3v) is 7.00. The minimum absolute atomic E-state index is 0.0900. The van der Waals surface area contributed by atoms with E-state index in [1.807, 2.05) is 25.1 Å². The first kappa shape index (κ1) is 24.5. The molecule has 184 valence electrons. The molecule has 4 aromatic carbocycles. The van der Waals surface area contributed by atoms with Gasteiger partial charge in [0, 0.05) is 15.7 Å². The number of ketones is 1. The van der Waals surface area contributed by atoms with E-state index < -0.39 is 23.5 Å². The van der Waals surface area contributed by atoms with Gasteiger partial charge in [0.25, 0.3) is 11.7 Å². The molecular formula is C30H21BrFNO4. The van der Waals surface area contributed by atoms with Crippen LogP contribution in [-0.4, -0.2) is 16.8 Å². The molecule has 0 bridgehead atoms. The van der Waals surface area contributed by atoms with Gasteiger partial charge in [0.05, 0.1) is 11.6 Å². The van der Waals surface area contributed by atoms with E-state index in [2.05, 4.69) is 15.9 Å². The molecule has 0 spiro atoms. The van der Waals surface area contributed by atoms with Gasteiger partial charge in [0.15, 0.2) is 0 Å². The first-order valence-corrected chi connectivity index (χ1v) is 12.3. The van der Waals surface area contributed by atoms with Crippen molar-refractivity contribution >= 4 is 39.1 Å². The number of halogens is 2. The number of ether oxygens (including phenoxy) is 1. The molecule has 1 fully saturated rings. The Morgan fingerprint density at radius 3 is 2.35 bits per heavy atom. The number of aliphatic hydroxyl groups excluding tert-OH is 1. The number of rotatable bonds is 5. The summed E-state index contributed by atoms with van der Waals surface area (Å²) in [6.45, 7) is 1.86. The highest BCUT2D eigenvalue weighted by Gasteiger charge is 2.47. The molecule has 0 radical (unpaired) electrons. The van der Waals surface area contributed by atoms with E-state index in [-0.39, 0.29) is 17.0 Å². The molecule has 1 amide bonds. The largest absolute Gasteiger partial charge is 0.507 e. The molecule has 1 aliphatic rings. The average Bonchev–Trinajstić information content (AvgIpc) is 3.16.